The minimum Gasteiger partial charge on any atom is -0.354 e. The van der Waals surface area contributed by atoms with Gasteiger partial charge >= 0.3 is 0 Å². The van der Waals surface area contributed by atoms with Crippen LogP contribution >= 0.6 is 0 Å². The van der Waals surface area contributed by atoms with Gasteiger partial charge in [-0.05, 0) is 81.3 Å². The summed E-state index contributed by atoms with van der Waals surface area (Å²) in [5.74, 6) is 1.59. The number of rotatable bonds is 4. The minimum atomic E-state index is 0.178. The lowest BCUT2D eigenvalue weighted by molar-refractivity contribution is 0.0767. The third kappa shape index (κ3) is 4.08. The van der Waals surface area contributed by atoms with Gasteiger partial charge in [0.15, 0.2) is 0 Å². The van der Waals surface area contributed by atoms with Crippen molar-refractivity contribution < 1.29 is 4.79 Å². The van der Waals surface area contributed by atoms with E-state index in [9.17, 15) is 4.79 Å². The Labute approximate surface area is 161 Å². The first-order valence-corrected chi connectivity index (χ1v) is 10.2. The number of nitrogens with one attached hydrogen (secondary N) is 1. The fourth-order valence-electron chi connectivity index (χ4n) is 4.80. The Hall–Kier alpha value is -2.14. The van der Waals surface area contributed by atoms with Crippen molar-refractivity contribution in [1.29, 1.82) is 0 Å². The number of likely N-dealkylation sites (tertiary alicyclic amines) is 2. The van der Waals surface area contributed by atoms with Crippen LogP contribution in [0.2, 0.25) is 0 Å². The Bertz CT molecular complexity index is 777. The van der Waals surface area contributed by atoms with Gasteiger partial charge < -0.3 is 9.88 Å². The van der Waals surface area contributed by atoms with Crippen molar-refractivity contribution in [3.63, 3.8) is 0 Å². The average Bonchev–Trinajstić information content (AvgIpc) is 3.29. The molecule has 5 nitrogen and oxygen atoms in total. The van der Waals surface area contributed by atoms with E-state index >= 15 is 0 Å². The van der Waals surface area contributed by atoms with Crippen LogP contribution in [0.5, 0.6) is 0 Å². The summed E-state index contributed by atoms with van der Waals surface area (Å²) in [5, 5.41) is 0. The van der Waals surface area contributed by atoms with Crippen LogP contribution in [-0.4, -0.2) is 51.9 Å². The van der Waals surface area contributed by atoms with Crippen LogP contribution in [0.3, 0.4) is 0 Å². The van der Waals surface area contributed by atoms with Crippen LogP contribution < -0.4 is 0 Å². The summed E-state index contributed by atoms with van der Waals surface area (Å²) in [6.07, 6.45) is 7.44. The van der Waals surface area contributed by atoms with Gasteiger partial charge in [-0.25, -0.2) is 0 Å². The standard InChI is InChI=1S/C22H30N4O/c1-16-12-17(2)24-21(16)22(27)26-11-7-20(15-26)19-5-9-25(10-6-19)14-18-4-3-8-23-13-18/h3-4,8,12-13,19-20,24H,5-7,9-11,14-15H2,1-2H3/t20-/m1/s1. The molecule has 2 aliphatic rings. The average molecular weight is 367 g/mol. The second kappa shape index (κ2) is 7.85. The molecule has 0 spiro atoms. The maximum Gasteiger partial charge on any atom is 0.270 e. The number of aryl methyl sites for hydroxylation is 2. The number of carbonyl (C=O) groups is 1. The van der Waals surface area contributed by atoms with Crippen LogP contribution in [0.25, 0.3) is 0 Å². The van der Waals surface area contributed by atoms with E-state index in [0.29, 0.717) is 5.92 Å². The van der Waals surface area contributed by atoms with E-state index in [1.54, 1.807) is 0 Å². The number of hydrogen-bond donors (Lipinski definition) is 1. The molecule has 2 fully saturated rings. The molecule has 5 heteroatoms. The maximum atomic E-state index is 12.8. The Balaban J connectivity index is 1.29. The fraction of sp³-hybridized carbons (Fsp3) is 0.545. The van der Waals surface area contributed by atoms with Gasteiger partial charge in [0.25, 0.3) is 5.91 Å². The Morgan fingerprint density at radius 2 is 1.96 bits per heavy atom. The topological polar surface area (TPSA) is 52.2 Å². The minimum absolute atomic E-state index is 0.178. The Morgan fingerprint density at radius 1 is 1.19 bits per heavy atom. The van der Waals surface area contributed by atoms with Gasteiger partial charge in [-0.1, -0.05) is 6.07 Å². The highest BCUT2D eigenvalue weighted by Gasteiger charge is 2.34. The molecule has 0 radical (unpaired) electrons. The third-order valence-corrected chi connectivity index (χ3v) is 6.30. The number of amides is 1. The van der Waals surface area contributed by atoms with Crippen LogP contribution in [0.4, 0.5) is 0 Å². The Kier molecular flexibility index (Phi) is 5.30. The molecule has 144 valence electrons. The van der Waals surface area contributed by atoms with Crippen molar-refractivity contribution in [2.24, 2.45) is 11.8 Å². The predicted molar refractivity (Wildman–Crippen MR) is 107 cm³/mol. The Morgan fingerprint density at radius 3 is 2.63 bits per heavy atom. The molecule has 0 aliphatic carbocycles. The summed E-state index contributed by atoms with van der Waals surface area (Å²) in [6, 6.07) is 6.22. The maximum absolute atomic E-state index is 12.8. The van der Waals surface area contributed by atoms with E-state index in [-0.39, 0.29) is 5.91 Å². The van der Waals surface area contributed by atoms with Crippen molar-refractivity contribution in [1.82, 2.24) is 19.8 Å². The van der Waals surface area contributed by atoms with Crippen molar-refractivity contribution in [2.45, 2.75) is 39.7 Å². The number of carbonyl (C=O) groups excluding carboxylic acids is 1. The highest BCUT2D eigenvalue weighted by molar-refractivity contribution is 5.94. The molecule has 2 aromatic heterocycles. The summed E-state index contributed by atoms with van der Waals surface area (Å²) in [6.45, 7) is 9.15. The number of aromatic nitrogens is 2. The van der Waals surface area contributed by atoms with E-state index in [0.717, 1.165) is 62.0 Å². The summed E-state index contributed by atoms with van der Waals surface area (Å²) in [7, 11) is 0. The molecule has 4 heterocycles. The highest BCUT2D eigenvalue weighted by Crippen LogP contribution is 2.33. The first kappa shape index (κ1) is 18.2. The zero-order valence-electron chi connectivity index (χ0n) is 16.4. The van der Waals surface area contributed by atoms with Gasteiger partial charge in [0.1, 0.15) is 5.69 Å². The molecule has 0 bridgehead atoms. The normalized spacial score (nSPS) is 21.7. The van der Waals surface area contributed by atoms with E-state index in [2.05, 4.69) is 31.9 Å². The zero-order valence-corrected chi connectivity index (χ0v) is 16.4. The largest absolute Gasteiger partial charge is 0.354 e. The molecular weight excluding hydrogens is 336 g/mol. The van der Waals surface area contributed by atoms with Crippen molar-refractivity contribution >= 4 is 5.91 Å². The highest BCUT2D eigenvalue weighted by atomic mass is 16.2. The lowest BCUT2D eigenvalue weighted by Gasteiger charge is -2.34. The SMILES string of the molecule is Cc1cc(C)c(C(=O)N2CC[C@@H](C3CCN(Cc4cccnc4)CC3)C2)[nH]1. The second-order valence-corrected chi connectivity index (χ2v) is 8.29. The quantitative estimate of drug-likeness (QED) is 0.902. The molecule has 0 unspecified atom stereocenters. The summed E-state index contributed by atoms with van der Waals surface area (Å²) < 4.78 is 0. The van der Waals surface area contributed by atoms with E-state index in [4.69, 9.17) is 0 Å². The molecule has 2 aliphatic heterocycles. The van der Waals surface area contributed by atoms with Crippen LogP contribution in [0.1, 0.15) is 46.6 Å². The molecule has 0 saturated carbocycles. The molecule has 1 amide bonds. The van der Waals surface area contributed by atoms with Gasteiger partial charge in [0, 0.05) is 37.7 Å². The molecule has 4 rings (SSSR count). The number of hydrogen-bond acceptors (Lipinski definition) is 3. The van der Waals surface area contributed by atoms with Gasteiger partial charge in [0.2, 0.25) is 0 Å². The van der Waals surface area contributed by atoms with E-state index < -0.39 is 0 Å². The summed E-state index contributed by atoms with van der Waals surface area (Å²) >= 11 is 0. The van der Waals surface area contributed by atoms with Crippen LogP contribution in [-0.2, 0) is 6.54 Å². The molecule has 0 aromatic carbocycles. The van der Waals surface area contributed by atoms with Gasteiger partial charge in [0.05, 0.1) is 0 Å². The van der Waals surface area contributed by atoms with Gasteiger partial charge in [-0.2, -0.15) is 0 Å². The molecule has 2 aromatic rings. The zero-order chi connectivity index (χ0) is 18.8. The monoisotopic (exact) mass is 366 g/mol. The van der Waals surface area contributed by atoms with Crippen molar-refractivity contribution in [3.05, 3.63) is 53.1 Å². The summed E-state index contributed by atoms with van der Waals surface area (Å²) in [5.41, 5.74) is 4.20. The second-order valence-electron chi connectivity index (χ2n) is 8.29. The van der Waals surface area contributed by atoms with Crippen LogP contribution in [0.15, 0.2) is 30.6 Å². The number of nitrogens with zero attached hydrogens (tertiary/aromatic N) is 3. The number of pyridine rings is 1. The third-order valence-electron chi connectivity index (χ3n) is 6.30. The van der Waals surface area contributed by atoms with Crippen molar-refractivity contribution in [2.75, 3.05) is 26.2 Å². The summed E-state index contributed by atoms with van der Waals surface area (Å²) in [4.78, 5) is 24.9. The first-order valence-electron chi connectivity index (χ1n) is 10.2. The molecule has 2 saturated heterocycles. The fourth-order valence-corrected chi connectivity index (χ4v) is 4.80. The number of aromatic amines is 1. The van der Waals surface area contributed by atoms with Gasteiger partial charge in [-0.15, -0.1) is 0 Å². The predicted octanol–water partition coefficient (Wildman–Crippen LogP) is 3.40. The number of H-pyrrole nitrogens is 1. The smallest absolute Gasteiger partial charge is 0.270 e. The van der Waals surface area contributed by atoms with E-state index in [1.807, 2.05) is 32.3 Å². The van der Waals surface area contributed by atoms with E-state index in [1.165, 1.54) is 18.4 Å². The lowest BCUT2D eigenvalue weighted by atomic mass is 9.83. The number of piperidine rings is 1. The lowest BCUT2D eigenvalue weighted by Crippen LogP contribution is -2.37. The van der Waals surface area contributed by atoms with Crippen LogP contribution in [0, 0.1) is 25.7 Å². The van der Waals surface area contributed by atoms with Crippen molar-refractivity contribution in [3.8, 4) is 0 Å². The van der Waals surface area contributed by atoms with Gasteiger partial charge in [-0.3, -0.25) is 14.7 Å². The molecular formula is C22H30N4O. The molecule has 1 N–H and O–H groups in total. The first-order chi connectivity index (χ1) is 13.1. The molecule has 1 atom stereocenters. The molecule has 27 heavy (non-hydrogen) atoms.